The Morgan fingerprint density at radius 3 is 2.70 bits per heavy atom. The molecule has 1 unspecified atom stereocenters. The molecule has 106 valence electrons. The molecule has 20 heavy (non-hydrogen) atoms. The first kappa shape index (κ1) is 14.0. The molecule has 1 N–H and O–H groups in total. The Hall–Kier alpha value is -2.37. The lowest BCUT2D eigenvalue weighted by Gasteiger charge is -2.26. The summed E-state index contributed by atoms with van der Waals surface area (Å²) in [5, 5.41) is 2.19. The number of nitrogens with zero attached hydrogens (tertiary/aromatic N) is 1. The maximum Gasteiger partial charge on any atom is 0.239 e. The average molecular weight is 276 g/mol. The number of amides is 3. The number of nitrogens with one attached hydrogen (secondary N) is 1. The summed E-state index contributed by atoms with van der Waals surface area (Å²) in [6.45, 7) is 0. The molecule has 1 aliphatic rings. The fraction of sp³-hybridized carbons (Fsp3) is 0.357. The number of carbonyl (C=O) groups excluding carboxylic acids is 3. The zero-order chi connectivity index (χ0) is 14.7. The van der Waals surface area contributed by atoms with E-state index in [2.05, 4.69) is 5.32 Å². The number of piperidine rings is 1. The van der Waals surface area contributed by atoms with E-state index in [0.717, 1.165) is 0 Å². The van der Waals surface area contributed by atoms with Crippen LogP contribution in [0.15, 0.2) is 24.3 Å². The minimum Gasteiger partial charge on any atom is -0.495 e. The smallest absolute Gasteiger partial charge is 0.239 e. The highest BCUT2D eigenvalue weighted by atomic mass is 16.5. The van der Waals surface area contributed by atoms with Gasteiger partial charge in [-0.1, -0.05) is 12.1 Å². The van der Waals surface area contributed by atoms with Crippen LogP contribution in [0.1, 0.15) is 12.8 Å². The number of ether oxygens (including phenoxy) is 1. The molecule has 6 nitrogen and oxygen atoms in total. The molecule has 1 fully saturated rings. The highest BCUT2D eigenvalue weighted by molar-refractivity contribution is 6.13. The van der Waals surface area contributed by atoms with Crippen LogP contribution in [-0.4, -0.2) is 31.9 Å². The van der Waals surface area contributed by atoms with Gasteiger partial charge in [0.05, 0.1) is 12.8 Å². The van der Waals surface area contributed by atoms with Crippen molar-refractivity contribution in [1.29, 1.82) is 0 Å². The third kappa shape index (κ3) is 2.64. The van der Waals surface area contributed by atoms with Crippen molar-refractivity contribution in [1.82, 2.24) is 5.32 Å². The number of para-hydroxylation sites is 2. The van der Waals surface area contributed by atoms with E-state index in [1.54, 1.807) is 31.3 Å². The molecule has 1 atom stereocenters. The average Bonchev–Trinajstić information content (AvgIpc) is 2.45. The van der Waals surface area contributed by atoms with E-state index >= 15 is 0 Å². The Kier molecular flexibility index (Phi) is 4.02. The first-order chi connectivity index (χ1) is 9.54. The normalized spacial score (nSPS) is 18.4. The van der Waals surface area contributed by atoms with Crippen LogP contribution in [0.5, 0.6) is 5.75 Å². The Balaban J connectivity index is 2.20. The molecule has 0 aromatic heterocycles. The molecule has 1 aromatic carbocycles. The lowest BCUT2D eigenvalue weighted by Crippen LogP contribution is -2.48. The molecule has 0 bridgehead atoms. The molecule has 0 radical (unpaired) electrons. The molecule has 1 heterocycles. The summed E-state index contributed by atoms with van der Waals surface area (Å²) in [6.07, 6.45) is 0.422. The molecule has 0 aliphatic carbocycles. The topological polar surface area (TPSA) is 75.7 Å². The summed E-state index contributed by atoms with van der Waals surface area (Å²) in [7, 11) is 3.10. The molecule has 6 heteroatoms. The standard InChI is InChI=1S/C14H16N2O4/c1-16(10-5-3-4-6-11(10)20-2)14(19)9-7-8-12(17)15-13(9)18/h3-6,9H,7-8H2,1-2H3,(H,15,17,18). The van der Waals surface area contributed by atoms with Crippen molar-refractivity contribution in [2.75, 3.05) is 19.1 Å². The number of methoxy groups -OCH3 is 1. The van der Waals surface area contributed by atoms with Crippen LogP contribution < -0.4 is 15.0 Å². The van der Waals surface area contributed by atoms with Gasteiger partial charge >= 0.3 is 0 Å². The first-order valence-corrected chi connectivity index (χ1v) is 6.29. The summed E-state index contributed by atoms with van der Waals surface area (Å²) in [4.78, 5) is 36.6. The van der Waals surface area contributed by atoms with E-state index in [0.29, 0.717) is 11.4 Å². The van der Waals surface area contributed by atoms with Gasteiger partial charge in [-0.3, -0.25) is 19.7 Å². The van der Waals surface area contributed by atoms with E-state index in [4.69, 9.17) is 4.74 Å². The lowest BCUT2D eigenvalue weighted by atomic mass is 9.96. The largest absolute Gasteiger partial charge is 0.495 e. The number of anilines is 1. The molecule has 1 aromatic rings. The highest BCUT2D eigenvalue weighted by Gasteiger charge is 2.35. The molecule has 1 aliphatic heterocycles. The van der Waals surface area contributed by atoms with Crippen molar-refractivity contribution in [3.05, 3.63) is 24.3 Å². The number of imide groups is 1. The van der Waals surface area contributed by atoms with E-state index in [-0.39, 0.29) is 24.7 Å². The summed E-state index contributed by atoms with van der Waals surface area (Å²) in [5.41, 5.74) is 0.588. The minimum atomic E-state index is -0.831. The summed E-state index contributed by atoms with van der Waals surface area (Å²) in [6, 6.07) is 7.06. The third-order valence-corrected chi connectivity index (χ3v) is 3.31. The van der Waals surface area contributed by atoms with Crippen LogP contribution in [0.4, 0.5) is 5.69 Å². The van der Waals surface area contributed by atoms with E-state index < -0.39 is 11.8 Å². The van der Waals surface area contributed by atoms with Gasteiger partial charge in [-0.15, -0.1) is 0 Å². The monoisotopic (exact) mass is 276 g/mol. The van der Waals surface area contributed by atoms with Gasteiger partial charge in [0.15, 0.2) is 0 Å². The summed E-state index contributed by atoms with van der Waals surface area (Å²) >= 11 is 0. The molecule has 2 rings (SSSR count). The van der Waals surface area contributed by atoms with Crippen molar-refractivity contribution in [2.24, 2.45) is 5.92 Å². The van der Waals surface area contributed by atoms with Crippen LogP contribution in [0.3, 0.4) is 0 Å². The summed E-state index contributed by atoms with van der Waals surface area (Å²) < 4.78 is 5.20. The third-order valence-electron chi connectivity index (χ3n) is 3.31. The SMILES string of the molecule is COc1ccccc1N(C)C(=O)C1CCC(=O)NC1=O. The van der Waals surface area contributed by atoms with E-state index in [1.807, 2.05) is 0 Å². The maximum atomic E-state index is 12.4. The predicted octanol–water partition coefficient (Wildman–Crippen LogP) is 0.711. The number of carbonyl (C=O) groups is 3. The Morgan fingerprint density at radius 1 is 1.35 bits per heavy atom. The van der Waals surface area contributed by atoms with Gasteiger partial charge in [0.2, 0.25) is 17.7 Å². The fourth-order valence-electron chi connectivity index (χ4n) is 2.19. The minimum absolute atomic E-state index is 0.182. The zero-order valence-corrected chi connectivity index (χ0v) is 11.4. The molecular weight excluding hydrogens is 260 g/mol. The second kappa shape index (κ2) is 5.73. The number of hydrogen-bond acceptors (Lipinski definition) is 4. The van der Waals surface area contributed by atoms with Crippen molar-refractivity contribution < 1.29 is 19.1 Å². The molecule has 1 saturated heterocycles. The van der Waals surface area contributed by atoms with Gasteiger partial charge in [-0.2, -0.15) is 0 Å². The van der Waals surface area contributed by atoms with Gasteiger partial charge < -0.3 is 9.64 Å². The van der Waals surface area contributed by atoms with Crippen LogP contribution in [0, 0.1) is 5.92 Å². The highest BCUT2D eigenvalue weighted by Crippen LogP contribution is 2.28. The fourth-order valence-corrected chi connectivity index (χ4v) is 2.19. The number of benzene rings is 1. The summed E-state index contributed by atoms with van der Waals surface area (Å²) in [5.74, 6) is -1.50. The maximum absolute atomic E-state index is 12.4. The van der Waals surface area contributed by atoms with Crippen LogP contribution in [-0.2, 0) is 14.4 Å². The van der Waals surface area contributed by atoms with Gasteiger partial charge in [0, 0.05) is 13.5 Å². The van der Waals surface area contributed by atoms with Crippen LogP contribution >= 0.6 is 0 Å². The van der Waals surface area contributed by atoms with E-state index in [1.165, 1.54) is 12.0 Å². The lowest BCUT2D eigenvalue weighted by molar-refractivity contribution is -0.140. The molecule has 0 saturated carbocycles. The Morgan fingerprint density at radius 2 is 2.05 bits per heavy atom. The van der Waals surface area contributed by atoms with Crippen molar-refractivity contribution in [3.63, 3.8) is 0 Å². The zero-order valence-electron chi connectivity index (χ0n) is 11.4. The number of hydrogen-bond donors (Lipinski definition) is 1. The first-order valence-electron chi connectivity index (χ1n) is 6.29. The van der Waals surface area contributed by atoms with Crippen molar-refractivity contribution >= 4 is 23.4 Å². The van der Waals surface area contributed by atoms with Gasteiger partial charge in [-0.25, -0.2) is 0 Å². The molecule has 3 amide bonds. The van der Waals surface area contributed by atoms with E-state index in [9.17, 15) is 14.4 Å². The van der Waals surface area contributed by atoms with Crippen molar-refractivity contribution in [3.8, 4) is 5.75 Å². The second-order valence-electron chi connectivity index (χ2n) is 4.57. The molecule has 0 spiro atoms. The quantitative estimate of drug-likeness (QED) is 0.651. The Labute approximate surface area is 116 Å². The van der Waals surface area contributed by atoms with Crippen LogP contribution in [0.25, 0.3) is 0 Å². The predicted molar refractivity (Wildman–Crippen MR) is 72.3 cm³/mol. The second-order valence-corrected chi connectivity index (χ2v) is 4.57. The number of rotatable bonds is 3. The van der Waals surface area contributed by atoms with Crippen molar-refractivity contribution in [2.45, 2.75) is 12.8 Å². The van der Waals surface area contributed by atoms with Gasteiger partial charge in [0.1, 0.15) is 11.7 Å². The molecular formula is C14H16N2O4. The van der Waals surface area contributed by atoms with Gasteiger partial charge in [-0.05, 0) is 18.6 Å². The van der Waals surface area contributed by atoms with Gasteiger partial charge in [0.25, 0.3) is 0 Å². The van der Waals surface area contributed by atoms with Crippen LogP contribution in [0.2, 0.25) is 0 Å². The Bertz CT molecular complexity index is 556.